The fourth-order valence-electron chi connectivity index (χ4n) is 4.45. The second kappa shape index (κ2) is 7.16. The van der Waals surface area contributed by atoms with Gasteiger partial charge in [0.1, 0.15) is 22.7 Å². The molecule has 2 aliphatic rings. The van der Waals surface area contributed by atoms with E-state index in [0.29, 0.717) is 17.4 Å². The van der Waals surface area contributed by atoms with Crippen LogP contribution < -0.4 is 10.1 Å². The Morgan fingerprint density at radius 2 is 2.26 bits per heavy atom. The SMILES string of the molecule is COc1nc2[nH]ncc2cc1Nc1ncnc2sc3c(c12)CC[C@H](C(=O)N1CCC1)C3. The van der Waals surface area contributed by atoms with Gasteiger partial charge in [-0.1, -0.05) is 0 Å². The third-order valence-corrected chi connectivity index (χ3v) is 7.36. The van der Waals surface area contributed by atoms with E-state index in [4.69, 9.17) is 4.74 Å². The van der Waals surface area contributed by atoms with Gasteiger partial charge in [0.2, 0.25) is 11.8 Å². The van der Waals surface area contributed by atoms with Gasteiger partial charge in [-0.2, -0.15) is 10.1 Å². The number of rotatable bonds is 4. The second-order valence-corrected chi connectivity index (χ2v) is 9.09. The van der Waals surface area contributed by atoms with Crippen molar-refractivity contribution < 1.29 is 9.53 Å². The summed E-state index contributed by atoms with van der Waals surface area (Å²) in [7, 11) is 1.59. The number of thiophene rings is 1. The number of hydrogen-bond acceptors (Lipinski definition) is 8. The zero-order valence-corrected chi connectivity index (χ0v) is 17.8. The van der Waals surface area contributed by atoms with Gasteiger partial charge in [0.15, 0.2) is 5.65 Å². The van der Waals surface area contributed by atoms with Crippen LogP contribution >= 0.6 is 11.3 Å². The summed E-state index contributed by atoms with van der Waals surface area (Å²) in [4.78, 5) is 30.4. The first-order valence-electron chi connectivity index (χ1n) is 10.4. The van der Waals surface area contributed by atoms with E-state index in [2.05, 4.69) is 30.5 Å². The molecule has 0 aromatic carbocycles. The number of carbonyl (C=O) groups excluding carboxylic acids is 1. The molecular formula is C21H21N7O2S. The number of anilines is 2. The summed E-state index contributed by atoms with van der Waals surface area (Å²) in [5.74, 6) is 1.59. The number of nitrogens with zero attached hydrogens (tertiary/aromatic N) is 5. The van der Waals surface area contributed by atoms with Crippen molar-refractivity contribution in [2.75, 3.05) is 25.5 Å². The number of aromatic amines is 1. The van der Waals surface area contributed by atoms with Crippen LogP contribution in [0.25, 0.3) is 21.3 Å². The summed E-state index contributed by atoms with van der Waals surface area (Å²) in [6.07, 6.45) is 6.94. The molecule has 0 spiro atoms. The molecule has 5 heterocycles. The molecule has 0 unspecified atom stereocenters. The largest absolute Gasteiger partial charge is 0.479 e. The van der Waals surface area contributed by atoms with E-state index in [-0.39, 0.29) is 5.92 Å². The predicted molar refractivity (Wildman–Crippen MR) is 118 cm³/mol. The molecule has 6 rings (SSSR count). The molecule has 1 aliphatic carbocycles. The Labute approximate surface area is 181 Å². The summed E-state index contributed by atoms with van der Waals surface area (Å²) < 4.78 is 5.48. The maximum Gasteiger partial charge on any atom is 0.239 e. The highest BCUT2D eigenvalue weighted by Gasteiger charge is 2.33. The second-order valence-electron chi connectivity index (χ2n) is 8.00. The van der Waals surface area contributed by atoms with E-state index < -0.39 is 0 Å². The smallest absolute Gasteiger partial charge is 0.239 e. The van der Waals surface area contributed by atoms with Gasteiger partial charge in [0.05, 0.1) is 18.7 Å². The molecule has 31 heavy (non-hydrogen) atoms. The lowest BCUT2D eigenvalue weighted by atomic mass is 9.86. The van der Waals surface area contributed by atoms with Crippen molar-refractivity contribution in [3.05, 3.63) is 29.0 Å². The first kappa shape index (κ1) is 18.5. The molecule has 9 nitrogen and oxygen atoms in total. The first-order chi connectivity index (χ1) is 15.2. The lowest BCUT2D eigenvalue weighted by molar-refractivity contribution is -0.139. The molecule has 1 atom stereocenters. The maximum absolute atomic E-state index is 12.7. The summed E-state index contributed by atoms with van der Waals surface area (Å²) in [5.41, 5.74) is 2.64. The molecule has 1 fully saturated rings. The van der Waals surface area contributed by atoms with Crippen LogP contribution in [-0.2, 0) is 17.6 Å². The van der Waals surface area contributed by atoms with E-state index in [9.17, 15) is 4.79 Å². The van der Waals surface area contributed by atoms with E-state index in [1.165, 1.54) is 10.4 Å². The fraction of sp³-hybridized carbons (Fsp3) is 0.381. The minimum Gasteiger partial charge on any atom is -0.479 e. The van der Waals surface area contributed by atoms with Crippen LogP contribution in [0.2, 0.25) is 0 Å². The first-order valence-corrected chi connectivity index (χ1v) is 11.2. The summed E-state index contributed by atoms with van der Waals surface area (Å²) >= 11 is 1.67. The number of aromatic nitrogens is 5. The van der Waals surface area contributed by atoms with Gasteiger partial charge in [-0.3, -0.25) is 9.89 Å². The van der Waals surface area contributed by atoms with Gasteiger partial charge in [-0.15, -0.1) is 11.3 Å². The summed E-state index contributed by atoms with van der Waals surface area (Å²) in [5, 5.41) is 12.2. The Kier molecular flexibility index (Phi) is 4.27. The van der Waals surface area contributed by atoms with Gasteiger partial charge in [0.25, 0.3) is 0 Å². The number of ether oxygens (including phenoxy) is 1. The molecule has 0 bridgehead atoms. The van der Waals surface area contributed by atoms with E-state index in [0.717, 1.165) is 65.9 Å². The molecule has 1 aliphatic heterocycles. The Hall–Kier alpha value is -3.27. The molecule has 4 aromatic heterocycles. The molecule has 4 aromatic rings. The van der Waals surface area contributed by atoms with Crippen molar-refractivity contribution >= 4 is 50.0 Å². The van der Waals surface area contributed by atoms with Crippen molar-refractivity contribution in [1.82, 2.24) is 30.0 Å². The monoisotopic (exact) mass is 435 g/mol. The van der Waals surface area contributed by atoms with Crippen molar-refractivity contribution in [3.8, 4) is 5.88 Å². The number of fused-ring (bicyclic) bond motifs is 4. The number of carbonyl (C=O) groups is 1. The number of H-pyrrole nitrogens is 1. The topological polar surface area (TPSA) is 109 Å². The Bertz CT molecular complexity index is 1310. The molecule has 0 radical (unpaired) electrons. The van der Waals surface area contributed by atoms with Gasteiger partial charge >= 0.3 is 0 Å². The number of likely N-dealkylation sites (tertiary alicyclic amines) is 1. The Balaban J connectivity index is 1.37. The quantitative estimate of drug-likeness (QED) is 0.507. The van der Waals surface area contributed by atoms with Crippen LogP contribution in [-0.4, -0.2) is 56.2 Å². The molecule has 1 amide bonds. The predicted octanol–water partition coefficient (Wildman–Crippen LogP) is 3.05. The number of pyridine rings is 1. The summed E-state index contributed by atoms with van der Waals surface area (Å²) in [6, 6.07) is 1.94. The van der Waals surface area contributed by atoms with Crippen molar-refractivity contribution in [3.63, 3.8) is 0 Å². The highest BCUT2D eigenvalue weighted by Crippen LogP contribution is 2.41. The highest BCUT2D eigenvalue weighted by atomic mass is 32.1. The van der Waals surface area contributed by atoms with Gasteiger partial charge in [-0.25, -0.2) is 9.97 Å². The molecule has 10 heteroatoms. The highest BCUT2D eigenvalue weighted by molar-refractivity contribution is 7.19. The van der Waals surface area contributed by atoms with Crippen LogP contribution in [0.4, 0.5) is 11.5 Å². The molecule has 0 saturated carbocycles. The number of aryl methyl sites for hydroxylation is 1. The van der Waals surface area contributed by atoms with Gasteiger partial charge in [0, 0.05) is 29.3 Å². The minimum atomic E-state index is 0.0815. The van der Waals surface area contributed by atoms with Crippen molar-refractivity contribution in [2.45, 2.75) is 25.7 Å². The van der Waals surface area contributed by atoms with Crippen LogP contribution in [0.1, 0.15) is 23.3 Å². The van der Waals surface area contributed by atoms with Crippen LogP contribution in [0, 0.1) is 5.92 Å². The molecular weight excluding hydrogens is 414 g/mol. The van der Waals surface area contributed by atoms with Crippen LogP contribution in [0.3, 0.4) is 0 Å². The van der Waals surface area contributed by atoms with Gasteiger partial charge < -0.3 is 15.0 Å². The summed E-state index contributed by atoms with van der Waals surface area (Å²) in [6.45, 7) is 1.82. The third-order valence-electron chi connectivity index (χ3n) is 6.20. The van der Waals surface area contributed by atoms with Crippen LogP contribution in [0.5, 0.6) is 5.88 Å². The molecule has 158 valence electrons. The van der Waals surface area contributed by atoms with Crippen molar-refractivity contribution in [2.24, 2.45) is 5.92 Å². The van der Waals surface area contributed by atoms with E-state index in [1.807, 2.05) is 11.0 Å². The Morgan fingerprint density at radius 3 is 3.06 bits per heavy atom. The lowest BCUT2D eigenvalue weighted by Gasteiger charge is -2.35. The lowest BCUT2D eigenvalue weighted by Crippen LogP contribution is -2.46. The number of nitrogens with one attached hydrogen (secondary N) is 2. The standard InChI is InChI=1S/C21H21N7O2S/c1-30-19-14(7-12-9-24-27-17(12)26-19)25-18-16-13-4-3-11(21(29)28-5-2-6-28)8-15(13)31-20(16)23-10-22-18/h7,9-11H,2-6,8H2,1H3,(H,22,23,25)(H,24,26,27)/t11-/m0/s1. The van der Waals surface area contributed by atoms with Gasteiger partial charge in [-0.05, 0) is 37.3 Å². The fourth-order valence-corrected chi connectivity index (χ4v) is 5.71. The Morgan fingerprint density at radius 1 is 1.35 bits per heavy atom. The molecule has 1 saturated heterocycles. The maximum atomic E-state index is 12.7. The number of methoxy groups -OCH3 is 1. The van der Waals surface area contributed by atoms with Crippen molar-refractivity contribution in [1.29, 1.82) is 0 Å². The van der Waals surface area contributed by atoms with E-state index >= 15 is 0 Å². The average molecular weight is 436 g/mol. The third kappa shape index (κ3) is 3.01. The zero-order valence-electron chi connectivity index (χ0n) is 17.0. The zero-order chi connectivity index (χ0) is 20.9. The minimum absolute atomic E-state index is 0.0815. The van der Waals surface area contributed by atoms with Crippen LogP contribution in [0.15, 0.2) is 18.6 Å². The number of amides is 1. The molecule has 2 N–H and O–H groups in total. The average Bonchev–Trinajstić information content (AvgIpc) is 3.35. The number of hydrogen-bond donors (Lipinski definition) is 2. The normalized spacial score (nSPS) is 18.1. The van der Waals surface area contributed by atoms with E-state index in [1.54, 1.807) is 31.0 Å².